The summed E-state index contributed by atoms with van der Waals surface area (Å²) in [6.07, 6.45) is 3.42. The van der Waals surface area contributed by atoms with E-state index >= 15 is 0 Å². The molecule has 1 aromatic heterocycles. The van der Waals surface area contributed by atoms with Gasteiger partial charge in [-0.25, -0.2) is 9.97 Å². The highest BCUT2D eigenvalue weighted by Crippen LogP contribution is 2.34. The Morgan fingerprint density at radius 1 is 1.42 bits per heavy atom. The number of esters is 1. The minimum absolute atomic E-state index is 0.106. The topological polar surface area (TPSA) is 110 Å². The molecule has 2 heterocycles. The summed E-state index contributed by atoms with van der Waals surface area (Å²) >= 11 is 0. The van der Waals surface area contributed by atoms with Gasteiger partial charge >= 0.3 is 11.7 Å². The lowest BCUT2D eigenvalue weighted by molar-refractivity contribution is -0.383. The summed E-state index contributed by atoms with van der Waals surface area (Å²) in [7, 11) is 0. The number of ether oxygens (including phenoxy) is 1. The minimum atomic E-state index is -0.440. The predicted molar refractivity (Wildman–Crippen MR) is 98.2 cm³/mol. The van der Waals surface area contributed by atoms with E-state index in [1.54, 1.807) is 6.92 Å². The van der Waals surface area contributed by atoms with Crippen LogP contribution in [0.3, 0.4) is 0 Å². The van der Waals surface area contributed by atoms with Crippen LogP contribution in [0.25, 0.3) is 0 Å². The number of carbonyl (C=O) groups is 1. The summed E-state index contributed by atoms with van der Waals surface area (Å²) in [5.74, 6) is 0.688. The first-order valence-electron chi connectivity index (χ1n) is 9.08. The van der Waals surface area contributed by atoms with Crippen LogP contribution in [-0.4, -0.2) is 47.1 Å². The maximum atomic E-state index is 11.9. The Morgan fingerprint density at radius 2 is 2.12 bits per heavy atom. The monoisotopic (exact) mass is 365 g/mol. The third-order valence-corrected chi connectivity index (χ3v) is 4.41. The van der Waals surface area contributed by atoms with Crippen LogP contribution < -0.4 is 10.2 Å². The van der Waals surface area contributed by atoms with Gasteiger partial charge in [0.05, 0.1) is 17.4 Å². The molecule has 2 rings (SSSR count). The van der Waals surface area contributed by atoms with E-state index in [1.165, 1.54) is 6.33 Å². The van der Waals surface area contributed by atoms with E-state index in [-0.39, 0.29) is 23.4 Å². The van der Waals surface area contributed by atoms with Crippen LogP contribution in [0.5, 0.6) is 0 Å². The standard InChI is InChI=1S/C17H27N5O4/c1-4-26-17(23)13-6-9-21(10-7-13)16-14(22(24)25)15(19-11-20-16)18-8-5-12(2)3/h11-13H,4-10H2,1-3H3,(H,18,19,20). The Hall–Kier alpha value is -2.45. The molecule has 1 saturated heterocycles. The molecule has 0 unspecified atom stereocenters. The van der Waals surface area contributed by atoms with E-state index in [1.807, 2.05) is 4.90 Å². The van der Waals surface area contributed by atoms with Crippen molar-refractivity contribution in [3.63, 3.8) is 0 Å². The van der Waals surface area contributed by atoms with E-state index in [4.69, 9.17) is 4.74 Å². The summed E-state index contributed by atoms with van der Waals surface area (Å²) in [6.45, 7) is 7.98. The number of nitrogens with one attached hydrogen (secondary N) is 1. The van der Waals surface area contributed by atoms with E-state index in [2.05, 4.69) is 29.1 Å². The van der Waals surface area contributed by atoms with Crippen LogP contribution in [0.4, 0.5) is 17.3 Å². The zero-order chi connectivity index (χ0) is 19.1. The van der Waals surface area contributed by atoms with Gasteiger partial charge in [0, 0.05) is 19.6 Å². The molecule has 0 saturated carbocycles. The molecule has 144 valence electrons. The van der Waals surface area contributed by atoms with Crippen molar-refractivity contribution in [2.45, 2.75) is 40.0 Å². The summed E-state index contributed by atoms with van der Waals surface area (Å²) in [5, 5.41) is 14.7. The van der Waals surface area contributed by atoms with E-state index in [0.29, 0.717) is 50.8 Å². The Balaban J connectivity index is 2.11. The molecule has 0 bridgehead atoms. The van der Waals surface area contributed by atoms with Crippen LogP contribution in [0, 0.1) is 22.0 Å². The number of rotatable bonds is 8. The molecule has 0 atom stereocenters. The van der Waals surface area contributed by atoms with Gasteiger partial charge < -0.3 is 15.0 Å². The van der Waals surface area contributed by atoms with Gasteiger partial charge in [0.25, 0.3) is 0 Å². The molecule has 1 N–H and O–H groups in total. The Kier molecular flexibility index (Phi) is 7.11. The van der Waals surface area contributed by atoms with Gasteiger partial charge in [-0.15, -0.1) is 0 Å². The molecule has 1 aliphatic heterocycles. The fourth-order valence-corrected chi connectivity index (χ4v) is 2.96. The number of nitrogens with zero attached hydrogens (tertiary/aromatic N) is 4. The number of piperidine rings is 1. The number of anilines is 2. The van der Waals surface area contributed by atoms with Crippen molar-refractivity contribution in [2.75, 3.05) is 36.5 Å². The van der Waals surface area contributed by atoms with Gasteiger partial charge in [0.15, 0.2) is 0 Å². The van der Waals surface area contributed by atoms with Crippen molar-refractivity contribution in [3.8, 4) is 0 Å². The summed E-state index contributed by atoms with van der Waals surface area (Å²) in [5.41, 5.74) is -0.106. The summed E-state index contributed by atoms with van der Waals surface area (Å²) < 4.78 is 5.07. The van der Waals surface area contributed by atoms with Crippen molar-refractivity contribution in [3.05, 3.63) is 16.4 Å². The smallest absolute Gasteiger partial charge is 0.353 e. The van der Waals surface area contributed by atoms with Gasteiger partial charge in [0.2, 0.25) is 11.6 Å². The minimum Gasteiger partial charge on any atom is -0.466 e. The molecular formula is C17H27N5O4. The van der Waals surface area contributed by atoms with E-state index in [9.17, 15) is 14.9 Å². The van der Waals surface area contributed by atoms with Crippen molar-refractivity contribution in [1.29, 1.82) is 0 Å². The fraction of sp³-hybridized carbons (Fsp3) is 0.706. The SMILES string of the molecule is CCOC(=O)C1CCN(c2ncnc(NCCC(C)C)c2[N+](=O)[O-])CC1. The number of hydrogen-bond acceptors (Lipinski definition) is 8. The Labute approximate surface area is 153 Å². The van der Waals surface area contributed by atoms with Crippen molar-refractivity contribution >= 4 is 23.3 Å². The second-order valence-corrected chi connectivity index (χ2v) is 6.77. The molecule has 9 nitrogen and oxygen atoms in total. The number of carbonyl (C=O) groups excluding carboxylic acids is 1. The second-order valence-electron chi connectivity index (χ2n) is 6.77. The third-order valence-electron chi connectivity index (χ3n) is 4.41. The van der Waals surface area contributed by atoms with Crippen LogP contribution in [0.2, 0.25) is 0 Å². The number of aromatic nitrogens is 2. The molecule has 0 aromatic carbocycles. The van der Waals surface area contributed by atoms with E-state index < -0.39 is 4.92 Å². The highest BCUT2D eigenvalue weighted by Gasteiger charge is 2.32. The highest BCUT2D eigenvalue weighted by molar-refractivity contribution is 5.74. The molecule has 0 amide bonds. The first-order chi connectivity index (χ1) is 12.4. The second kappa shape index (κ2) is 9.30. The Morgan fingerprint density at radius 3 is 2.69 bits per heavy atom. The van der Waals surface area contributed by atoms with Crippen LogP contribution in [0.1, 0.15) is 40.0 Å². The summed E-state index contributed by atoms with van der Waals surface area (Å²) in [4.78, 5) is 33.1. The first-order valence-corrected chi connectivity index (χ1v) is 9.08. The predicted octanol–water partition coefficient (Wildman–Crippen LogP) is 2.62. The lowest BCUT2D eigenvalue weighted by atomic mass is 9.97. The molecule has 0 spiro atoms. The quantitative estimate of drug-likeness (QED) is 0.425. The van der Waals surface area contributed by atoms with Crippen molar-refractivity contribution < 1.29 is 14.5 Å². The molecule has 1 aliphatic rings. The van der Waals surface area contributed by atoms with Gasteiger partial charge in [-0.05, 0) is 32.1 Å². The molecule has 9 heteroatoms. The average molecular weight is 365 g/mol. The number of hydrogen-bond donors (Lipinski definition) is 1. The van der Waals surface area contributed by atoms with Gasteiger partial charge in [-0.1, -0.05) is 13.8 Å². The van der Waals surface area contributed by atoms with Crippen molar-refractivity contribution in [1.82, 2.24) is 9.97 Å². The zero-order valence-electron chi connectivity index (χ0n) is 15.6. The fourth-order valence-electron chi connectivity index (χ4n) is 2.96. The highest BCUT2D eigenvalue weighted by atomic mass is 16.6. The van der Waals surface area contributed by atoms with Gasteiger partial charge in [-0.2, -0.15) is 0 Å². The molecule has 1 fully saturated rings. The van der Waals surface area contributed by atoms with Crippen LogP contribution in [0.15, 0.2) is 6.33 Å². The Bertz CT molecular complexity index is 630. The molecule has 1 aromatic rings. The van der Waals surface area contributed by atoms with Crippen LogP contribution >= 0.6 is 0 Å². The maximum absolute atomic E-state index is 11.9. The third kappa shape index (κ3) is 5.03. The molecule has 0 radical (unpaired) electrons. The van der Waals surface area contributed by atoms with Crippen LogP contribution in [-0.2, 0) is 9.53 Å². The first kappa shape index (κ1) is 19.9. The maximum Gasteiger partial charge on any atom is 0.353 e. The lowest BCUT2D eigenvalue weighted by Gasteiger charge is -2.31. The average Bonchev–Trinajstić information content (AvgIpc) is 2.61. The zero-order valence-corrected chi connectivity index (χ0v) is 15.6. The van der Waals surface area contributed by atoms with Crippen molar-refractivity contribution in [2.24, 2.45) is 11.8 Å². The van der Waals surface area contributed by atoms with Gasteiger partial charge in [0.1, 0.15) is 6.33 Å². The van der Waals surface area contributed by atoms with E-state index in [0.717, 1.165) is 6.42 Å². The molecular weight excluding hydrogens is 338 g/mol. The normalized spacial score (nSPS) is 15.2. The summed E-state index contributed by atoms with van der Waals surface area (Å²) in [6, 6.07) is 0. The lowest BCUT2D eigenvalue weighted by Crippen LogP contribution is -2.37. The molecule has 0 aliphatic carbocycles. The molecule has 26 heavy (non-hydrogen) atoms. The van der Waals surface area contributed by atoms with Gasteiger partial charge in [-0.3, -0.25) is 14.9 Å². The number of nitro groups is 1. The largest absolute Gasteiger partial charge is 0.466 e.